The normalized spacial score (nSPS) is 7.91. The van der Waals surface area contributed by atoms with Crippen LogP contribution in [0, 0.1) is 24.7 Å². The van der Waals surface area contributed by atoms with Gasteiger partial charge >= 0.3 is 0 Å². The van der Waals surface area contributed by atoms with Gasteiger partial charge in [-0.25, -0.2) is 0 Å². The smallest absolute Gasteiger partial charge is 0.224 e. The fourth-order valence-corrected chi connectivity index (χ4v) is 0.595. The average molecular weight is 149 g/mol. The molecule has 0 bridgehead atoms. The largest absolute Gasteiger partial charge is 0.335 e. The Balaban J connectivity index is 3.68. The molecule has 2 heteroatoms. The zero-order valence-electron chi connectivity index (χ0n) is 6.63. The summed E-state index contributed by atoms with van der Waals surface area (Å²) in [5.74, 6) is 4.78. The minimum Gasteiger partial charge on any atom is -0.335 e. The molecule has 0 aromatic rings. The van der Waals surface area contributed by atoms with Crippen LogP contribution in [-0.4, -0.2) is 24.4 Å². The molecule has 0 aliphatic heterocycles. The van der Waals surface area contributed by atoms with Crippen LogP contribution in [0.1, 0.15) is 12.8 Å². The molecular weight excluding hydrogens is 138 g/mol. The Morgan fingerprint density at radius 1 is 1.45 bits per heavy atom. The summed E-state index contributed by atoms with van der Waals surface area (Å²) in [5.41, 5.74) is 0. The third-order valence-electron chi connectivity index (χ3n) is 1.24. The first-order valence-electron chi connectivity index (χ1n) is 3.33. The first kappa shape index (κ1) is 9.59. The van der Waals surface area contributed by atoms with E-state index in [1.54, 1.807) is 7.05 Å². The first-order chi connectivity index (χ1) is 5.22. The molecule has 0 radical (unpaired) electrons. The van der Waals surface area contributed by atoms with Gasteiger partial charge in [0.05, 0.1) is 6.54 Å². The Hall–Kier alpha value is -1.41. The molecule has 0 aliphatic carbocycles. The highest BCUT2D eigenvalue weighted by atomic mass is 16.2. The standard InChI is InChI=1S/C9H11NO/c1-4-6-7-9(11)10(3)8-5-2/h1-2H,6-8H2,3H3. The van der Waals surface area contributed by atoms with Crippen LogP contribution >= 0.6 is 0 Å². The maximum atomic E-state index is 11.0. The van der Waals surface area contributed by atoms with E-state index < -0.39 is 0 Å². The molecule has 0 unspecified atom stereocenters. The van der Waals surface area contributed by atoms with Crippen molar-refractivity contribution < 1.29 is 4.79 Å². The van der Waals surface area contributed by atoms with Gasteiger partial charge in [0, 0.05) is 19.9 Å². The van der Waals surface area contributed by atoms with E-state index in [1.165, 1.54) is 4.90 Å². The second-order valence-corrected chi connectivity index (χ2v) is 2.16. The molecule has 11 heavy (non-hydrogen) atoms. The zero-order chi connectivity index (χ0) is 8.69. The summed E-state index contributed by atoms with van der Waals surface area (Å²) < 4.78 is 0. The minimum absolute atomic E-state index is 0.000833. The van der Waals surface area contributed by atoms with Crippen molar-refractivity contribution in [1.29, 1.82) is 0 Å². The van der Waals surface area contributed by atoms with Crippen molar-refractivity contribution in [3.05, 3.63) is 0 Å². The van der Waals surface area contributed by atoms with Crippen molar-refractivity contribution in [2.45, 2.75) is 12.8 Å². The predicted octanol–water partition coefficient (Wildman–Crippen LogP) is 0.491. The first-order valence-corrected chi connectivity index (χ1v) is 3.33. The summed E-state index contributed by atoms with van der Waals surface area (Å²) in [5, 5.41) is 0. The number of rotatable bonds is 3. The molecular formula is C9H11NO. The van der Waals surface area contributed by atoms with Gasteiger partial charge in [0.1, 0.15) is 0 Å². The van der Waals surface area contributed by atoms with Gasteiger partial charge in [-0.05, 0) is 0 Å². The van der Waals surface area contributed by atoms with Gasteiger partial charge in [-0.2, -0.15) is 0 Å². The number of amides is 1. The molecule has 1 amide bonds. The van der Waals surface area contributed by atoms with E-state index in [-0.39, 0.29) is 5.91 Å². The summed E-state index contributed by atoms with van der Waals surface area (Å²) in [6.07, 6.45) is 10.9. The van der Waals surface area contributed by atoms with E-state index in [0.717, 1.165) is 0 Å². The third-order valence-corrected chi connectivity index (χ3v) is 1.24. The van der Waals surface area contributed by atoms with Crippen molar-refractivity contribution in [2.75, 3.05) is 13.6 Å². The second-order valence-electron chi connectivity index (χ2n) is 2.16. The molecule has 0 saturated heterocycles. The van der Waals surface area contributed by atoms with Gasteiger partial charge in [-0.1, -0.05) is 5.92 Å². The number of hydrogen-bond donors (Lipinski definition) is 0. The van der Waals surface area contributed by atoms with E-state index in [0.29, 0.717) is 19.4 Å². The molecule has 0 fully saturated rings. The second kappa shape index (κ2) is 5.38. The number of hydrogen-bond acceptors (Lipinski definition) is 1. The maximum Gasteiger partial charge on any atom is 0.224 e. The molecule has 0 aliphatic rings. The summed E-state index contributed by atoms with van der Waals surface area (Å²) in [6, 6.07) is 0. The van der Waals surface area contributed by atoms with E-state index in [9.17, 15) is 4.79 Å². The Morgan fingerprint density at radius 2 is 2.09 bits per heavy atom. The van der Waals surface area contributed by atoms with E-state index in [1.807, 2.05) is 0 Å². The Bertz CT molecular complexity index is 207. The lowest BCUT2D eigenvalue weighted by Crippen LogP contribution is -2.26. The lowest BCUT2D eigenvalue weighted by Gasteiger charge is -2.11. The Kier molecular flexibility index (Phi) is 4.69. The fraction of sp³-hybridized carbons (Fsp3) is 0.444. The van der Waals surface area contributed by atoms with Crippen molar-refractivity contribution in [3.8, 4) is 24.7 Å². The van der Waals surface area contributed by atoms with Crippen molar-refractivity contribution >= 4 is 5.91 Å². The van der Waals surface area contributed by atoms with Crippen LogP contribution in [0.15, 0.2) is 0 Å². The Morgan fingerprint density at radius 3 is 2.55 bits per heavy atom. The van der Waals surface area contributed by atoms with Gasteiger partial charge in [-0.15, -0.1) is 18.8 Å². The highest BCUT2D eigenvalue weighted by molar-refractivity contribution is 5.76. The summed E-state index contributed by atoms with van der Waals surface area (Å²) in [6.45, 7) is 0.351. The van der Waals surface area contributed by atoms with E-state index in [4.69, 9.17) is 12.8 Å². The summed E-state index contributed by atoms with van der Waals surface area (Å²) in [4.78, 5) is 12.5. The molecule has 0 rings (SSSR count). The van der Waals surface area contributed by atoms with Crippen molar-refractivity contribution in [2.24, 2.45) is 0 Å². The van der Waals surface area contributed by atoms with E-state index in [2.05, 4.69) is 11.8 Å². The highest BCUT2D eigenvalue weighted by Gasteiger charge is 2.04. The van der Waals surface area contributed by atoms with Crippen LogP contribution in [0.2, 0.25) is 0 Å². The maximum absolute atomic E-state index is 11.0. The van der Waals surface area contributed by atoms with Gasteiger partial charge in [0.2, 0.25) is 5.91 Å². The molecule has 0 saturated carbocycles. The topological polar surface area (TPSA) is 20.3 Å². The van der Waals surface area contributed by atoms with Gasteiger partial charge < -0.3 is 4.90 Å². The molecule has 0 aromatic heterocycles. The van der Waals surface area contributed by atoms with Crippen LogP contribution < -0.4 is 0 Å². The van der Waals surface area contributed by atoms with E-state index >= 15 is 0 Å². The van der Waals surface area contributed by atoms with Crippen molar-refractivity contribution in [1.82, 2.24) is 4.90 Å². The number of nitrogens with zero attached hydrogens (tertiary/aromatic N) is 1. The molecule has 0 atom stereocenters. The molecule has 2 nitrogen and oxygen atoms in total. The van der Waals surface area contributed by atoms with Gasteiger partial charge in [-0.3, -0.25) is 4.79 Å². The van der Waals surface area contributed by atoms with Crippen molar-refractivity contribution in [3.63, 3.8) is 0 Å². The van der Waals surface area contributed by atoms with Gasteiger partial charge in [0.15, 0.2) is 0 Å². The highest BCUT2D eigenvalue weighted by Crippen LogP contribution is 1.92. The number of terminal acetylenes is 2. The fourth-order valence-electron chi connectivity index (χ4n) is 0.595. The number of carbonyl (C=O) groups is 1. The molecule has 0 spiro atoms. The van der Waals surface area contributed by atoms with Crippen LogP contribution in [0.3, 0.4) is 0 Å². The van der Waals surface area contributed by atoms with Crippen LogP contribution in [0.25, 0.3) is 0 Å². The predicted molar refractivity (Wildman–Crippen MR) is 44.5 cm³/mol. The quantitative estimate of drug-likeness (QED) is 0.535. The minimum atomic E-state index is 0.000833. The molecule has 0 aromatic carbocycles. The molecule has 0 heterocycles. The summed E-state index contributed by atoms with van der Waals surface area (Å²) in [7, 11) is 1.67. The van der Waals surface area contributed by atoms with Gasteiger partial charge in [0.25, 0.3) is 0 Å². The SMILES string of the molecule is C#CCCC(=O)N(C)CC#C. The third kappa shape index (κ3) is 4.06. The monoisotopic (exact) mass is 149 g/mol. The zero-order valence-corrected chi connectivity index (χ0v) is 6.63. The van der Waals surface area contributed by atoms with Crippen LogP contribution in [-0.2, 0) is 4.79 Å². The van der Waals surface area contributed by atoms with Crippen LogP contribution in [0.5, 0.6) is 0 Å². The van der Waals surface area contributed by atoms with Crippen LogP contribution in [0.4, 0.5) is 0 Å². The molecule has 58 valence electrons. The number of carbonyl (C=O) groups excluding carboxylic acids is 1. The summed E-state index contributed by atoms with van der Waals surface area (Å²) >= 11 is 0. The lowest BCUT2D eigenvalue weighted by molar-refractivity contribution is -0.129. The molecule has 0 N–H and O–H groups in total. The average Bonchev–Trinajstić information content (AvgIpc) is 2.00. The Labute approximate surface area is 67.6 Å². The lowest BCUT2D eigenvalue weighted by atomic mass is 10.3.